The average Bonchev–Trinajstić information content (AvgIpc) is 3.01. The maximum atomic E-state index is 12.4. The molecule has 1 amide bonds. The van der Waals surface area contributed by atoms with Gasteiger partial charge in [0.1, 0.15) is 0 Å². The Morgan fingerprint density at radius 3 is 2.60 bits per heavy atom. The first-order valence-electron chi connectivity index (χ1n) is 7.68. The van der Waals surface area contributed by atoms with Crippen LogP contribution in [0.1, 0.15) is 36.3 Å². The fourth-order valence-electron chi connectivity index (χ4n) is 3.44. The fourth-order valence-corrected chi connectivity index (χ4v) is 3.44. The Kier molecular flexibility index (Phi) is 4.06. The third-order valence-corrected chi connectivity index (χ3v) is 4.71. The molecular weight excluding hydrogens is 250 g/mol. The zero-order valence-corrected chi connectivity index (χ0v) is 12.2. The quantitative estimate of drug-likeness (QED) is 0.829. The van der Waals surface area contributed by atoms with Crippen LogP contribution in [0.15, 0.2) is 24.3 Å². The second-order valence-corrected chi connectivity index (χ2v) is 6.02. The molecule has 20 heavy (non-hydrogen) atoms. The van der Waals surface area contributed by atoms with Crippen LogP contribution in [0, 0.1) is 12.8 Å². The smallest absolute Gasteiger partial charge is 0.228 e. The number of piperidine rings is 1. The summed E-state index contributed by atoms with van der Waals surface area (Å²) in [6.45, 7) is 5.35. The van der Waals surface area contributed by atoms with Gasteiger partial charge in [0.2, 0.25) is 5.91 Å². The molecule has 2 aliphatic heterocycles. The number of rotatable bonds is 2. The van der Waals surface area contributed by atoms with Gasteiger partial charge in [-0.3, -0.25) is 4.79 Å². The van der Waals surface area contributed by atoms with E-state index in [2.05, 4.69) is 31.2 Å². The molecule has 2 aliphatic rings. The summed E-state index contributed by atoms with van der Waals surface area (Å²) in [6.07, 6.45) is 3.07. The van der Waals surface area contributed by atoms with Crippen molar-refractivity contribution in [2.45, 2.75) is 32.1 Å². The number of nitrogens with zero attached hydrogens (tertiary/aromatic N) is 1. The lowest BCUT2D eigenvalue weighted by molar-refractivity contribution is -0.136. The third kappa shape index (κ3) is 2.73. The van der Waals surface area contributed by atoms with Crippen LogP contribution in [-0.2, 0) is 9.53 Å². The van der Waals surface area contributed by atoms with Crippen molar-refractivity contribution in [1.29, 1.82) is 0 Å². The van der Waals surface area contributed by atoms with Gasteiger partial charge in [-0.1, -0.05) is 24.3 Å². The zero-order chi connectivity index (χ0) is 13.9. The number of carbonyl (C=O) groups excluding carboxylic acids is 1. The Balaban J connectivity index is 1.59. The van der Waals surface area contributed by atoms with E-state index in [9.17, 15) is 4.79 Å². The highest BCUT2D eigenvalue weighted by molar-refractivity contribution is 5.79. The van der Waals surface area contributed by atoms with E-state index in [1.54, 1.807) is 0 Å². The van der Waals surface area contributed by atoms with Gasteiger partial charge in [-0.25, -0.2) is 0 Å². The number of aryl methyl sites for hydroxylation is 1. The minimum absolute atomic E-state index is 0.116. The minimum atomic E-state index is 0.116. The average molecular weight is 273 g/mol. The van der Waals surface area contributed by atoms with Crippen LogP contribution in [0.3, 0.4) is 0 Å². The van der Waals surface area contributed by atoms with E-state index in [4.69, 9.17) is 4.74 Å². The van der Waals surface area contributed by atoms with Gasteiger partial charge in [-0.05, 0) is 43.2 Å². The van der Waals surface area contributed by atoms with Gasteiger partial charge in [0.15, 0.2) is 0 Å². The molecule has 0 aliphatic carbocycles. The molecule has 3 rings (SSSR count). The van der Waals surface area contributed by atoms with Crippen LogP contribution in [0.5, 0.6) is 0 Å². The number of hydrogen-bond acceptors (Lipinski definition) is 2. The monoisotopic (exact) mass is 273 g/mol. The molecule has 0 aromatic heterocycles. The van der Waals surface area contributed by atoms with Crippen molar-refractivity contribution in [2.75, 3.05) is 26.3 Å². The molecule has 0 N–H and O–H groups in total. The highest BCUT2D eigenvalue weighted by Crippen LogP contribution is 2.31. The predicted molar refractivity (Wildman–Crippen MR) is 78.7 cm³/mol. The normalized spacial score (nSPS) is 24.1. The van der Waals surface area contributed by atoms with Gasteiger partial charge in [0, 0.05) is 19.7 Å². The van der Waals surface area contributed by atoms with Crippen LogP contribution in [-0.4, -0.2) is 37.1 Å². The van der Waals surface area contributed by atoms with Crippen molar-refractivity contribution in [1.82, 2.24) is 4.90 Å². The number of likely N-dealkylation sites (tertiary alicyclic amines) is 1. The van der Waals surface area contributed by atoms with Gasteiger partial charge < -0.3 is 9.64 Å². The van der Waals surface area contributed by atoms with Crippen LogP contribution in [0.2, 0.25) is 0 Å². The lowest BCUT2D eigenvalue weighted by Crippen LogP contribution is -2.41. The largest absolute Gasteiger partial charge is 0.381 e. The standard InChI is InChI=1S/C17H23NO2/c1-13-4-2-3-5-16(13)14-6-9-18(10-7-14)17(19)15-8-11-20-12-15/h2-5,14-15H,6-12H2,1H3. The van der Waals surface area contributed by atoms with Crippen molar-refractivity contribution >= 4 is 5.91 Å². The topological polar surface area (TPSA) is 29.5 Å². The van der Waals surface area contributed by atoms with Gasteiger partial charge in [0.25, 0.3) is 0 Å². The van der Waals surface area contributed by atoms with E-state index in [0.29, 0.717) is 18.4 Å². The molecule has 2 heterocycles. The second kappa shape index (κ2) is 5.96. The zero-order valence-electron chi connectivity index (χ0n) is 12.2. The van der Waals surface area contributed by atoms with E-state index in [1.807, 2.05) is 4.90 Å². The van der Waals surface area contributed by atoms with Crippen LogP contribution in [0.25, 0.3) is 0 Å². The Labute approximate surface area is 120 Å². The van der Waals surface area contributed by atoms with E-state index in [1.165, 1.54) is 11.1 Å². The summed E-state index contributed by atoms with van der Waals surface area (Å²) in [5.41, 5.74) is 2.84. The third-order valence-electron chi connectivity index (χ3n) is 4.71. The van der Waals surface area contributed by atoms with Crippen molar-refractivity contribution in [2.24, 2.45) is 5.92 Å². The SMILES string of the molecule is Cc1ccccc1C1CCN(C(=O)C2CCOC2)CC1. The Morgan fingerprint density at radius 2 is 1.95 bits per heavy atom. The first-order chi connectivity index (χ1) is 9.75. The highest BCUT2D eigenvalue weighted by Gasteiger charge is 2.31. The highest BCUT2D eigenvalue weighted by atomic mass is 16.5. The van der Waals surface area contributed by atoms with Gasteiger partial charge in [-0.15, -0.1) is 0 Å². The lowest BCUT2D eigenvalue weighted by atomic mass is 9.86. The molecule has 0 bridgehead atoms. The van der Waals surface area contributed by atoms with E-state index in [-0.39, 0.29) is 5.92 Å². The van der Waals surface area contributed by atoms with Crippen LogP contribution >= 0.6 is 0 Å². The molecule has 3 nitrogen and oxygen atoms in total. The molecule has 0 spiro atoms. The maximum absolute atomic E-state index is 12.4. The Morgan fingerprint density at radius 1 is 1.20 bits per heavy atom. The van der Waals surface area contributed by atoms with Gasteiger partial charge >= 0.3 is 0 Å². The molecule has 1 atom stereocenters. The van der Waals surface area contributed by atoms with Gasteiger partial charge in [-0.2, -0.15) is 0 Å². The molecular formula is C17H23NO2. The van der Waals surface area contributed by atoms with E-state index >= 15 is 0 Å². The summed E-state index contributed by atoms with van der Waals surface area (Å²) in [4.78, 5) is 14.4. The van der Waals surface area contributed by atoms with Crippen LogP contribution < -0.4 is 0 Å². The van der Waals surface area contributed by atoms with E-state index in [0.717, 1.165) is 39.0 Å². The molecule has 3 heteroatoms. The molecule has 2 saturated heterocycles. The molecule has 2 fully saturated rings. The van der Waals surface area contributed by atoms with E-state index < -0.39 is 0 Å². The van der Waals surface area contributed by atoms with Crippen molar-refractivity contribution < 1.29 is 9.53 Å². The summed E-state index contributed by atoms with van der Waals surface area (Å²) in [5, 5.41) is 0. The Hall–Kier alpha value is -1.35. The molecule has 108 valence electrons. The molecule has 1 aromatic rings. The first kappa shape index (κ1) is 13.6. The number of carbonyl (C=O) groups is 1. The minimum Gasteiger partial charge on any atom is -0.381 e. The molecule has 0 saturated carbocycles. The summed E-state index contributed by atoms with van der Waals surface area (Å²) >= 11 is 0. The van der Waals surface area contributed by atoms with Crippen molar-refractivity contribution in [3.8, 4) is 0 Å². The number of amides is 1. The van der Waals surface area contributed by atoms with Crippen LogP contribution in [0.4, 0.5) is 0 Å². The number of hydrogen-bond donors (Lipinski definition) is 0. The van der Waals surface area contributed by atoms with Crippen molar-refractivity contribution in [3.05, 3.63) is 35.4 Å². The van der Waals surface area contributed by atoms with Crippen molar-refractivity contribution in [3.63, 3.8) is 0 Å². The fraction of sp³-hybridized carbons (Fsp3) is 0.588. The summed E-state index contributed by atoms with van der Waals surface area (Å²) in [5.74, 6) is 1.04. The maximum Gasteiger partial charge on any atom is 0.228 e. The number of benzene rings is 1. The lowest BCUT2D eigenvalue weighted by Gasteiger charge is -2.34. The summed E-state index contributed by atoms with van der Waals surface area (Å²) < 4.78 is 5.33. The molecule has 0 radical (unpaired) electrons. The summed E-state index contributed by atoms with van der Waals surface area (Å²) in [7, 11) is 0. The number of ether oxygens (including phenoxy) is 1. The first-order valence-corrected chi connectivity index (χ1v) is 7.68. The molecule has 1 unspecified atom stereocenters. The second-order valence-electron chi connectivity index (χ2n) is 6.02. The summed E-state index contributed by atoms with van der Waals surface area (Å²) in [6, 6.07) is 8.64. The predicted octanol–water partition coefficient (Wildman–Crippen LogP) is 2.74. The Bertz CT molecular complexity index is 472. The molecule has 1 aromatic carbocycles. The van der Waals surface area contributed by atoms with Gasteiger partial charge in [0.05, 0.1) is 12.5 Å².